The predicted molar refractivity (Wildman–Crippen MR) is 123 cm³/mol. The summed E-state index contributed by atoms with van der Waals surface area (Å²) in [7, 11) is 0. The van der Waals surface area contributed by atoms with E-state index in [-0.39, 0.29) is 17.3 Å². The Kier molecular flexibility index (Phi) is 9.27. The number of carbonyl (C=O) groups is 2. The first-order chi connectivity index (χ1) is 15.2. The van der Waals surface area contributed by atoms with E-state index in [9.17, 15) is 19.5 Å². The van der Waals surface area contributed by atoms with Crippen LogP contribution in [0.15, 0.2) is 45.3 Å². The second kappa shape index (κ2) is 11.9. The van der Waals surface area contributed by atoms with Crippen LogP contribution in [-0.2, 0) is 0 Å². The number of ketones is 1. The highest BCUT2D eigenvalue weighted by Gasteiger charge is 2.22. The molecule has 2 aromatic rings. The highest BCUT2D eigenvalue weighted by molar-refractivity contribution is 7.14. The van der Waals surface area contributed by atoms with Crippen LogP contribution in [-0.4, -0.2) is 28.7 Å². The van der Waals surface area contributed by atoms with Crippen molar-refractivity contribution in [1.82, 2.24) is 5.32 Å². The van der Waals surface area contributed by atoms with Crippen LogP contribution in [0.25, 0.3) is 6.08 Å². The lowest BCUT2D eigenvalue weighted by Crippen LogP contribution is -2.16. The average Bonchev–Trinajstić information content (AvgIpc) is 3.18. The van der Waals surface area contributed by atoms with Gasteiger partial charge in [-0.25, -0.2) is 9.59 Å². The van der Waals surface area contributed by atoms with Crippen LogP contribution in [0.2, 0.25) is 0 Å². The third-order valence-corrected chi connectivity index (χ3v) is 5.47. The average molecular weight is 462 g/mol. The molecule has 0 bridgehead atoms. The summed E-state index contributed by atoms with van der Waals surface area (Å²) in [5.41, 5.74) is -1.02. The standard InChI is InChI=1S/C23H27NO7S/c1-4-11-30-19-9-8-16(32-19)12-15(3)21(26)20-17(25)13-18(31-22(20)27)14(2)7-5-6-10-24-23(28)29/h6,8-10,12-14,24-25H,4-5,7,11H2,1-3H3,(H,28,29)/b10-6+,15-12+. The maximum atomic E-state index is 12.8. The van der Waals surface area contributed by atoms with Crippen molar-refractivity contribution in [3.63, 3.8) is 0 Å². The Morgan fingerprint density at radius 3 is 2.75 bits per heavy atom. The summed E-state index contributed by atoms with van der Waals surface area (Å²) in [6.45, 7) is 5.99. The largest absolute Gasteiger partial charge is 0.507 e. The molecule has 2 heterocycles. The van der Waals surface area contributed by atoms with Gasteiger partial charge in [-0.15, -0.1) is 0 Å². The van der Waals surface area contributed by atoms with E-state index in [1.54, 1.807) is 26.0 Å². The molecule has 0 spiro atoms. The Balaban J connectivity index is 2.12. The van der Waals surface area contributed by atoms with Crippen molar-refractivity contribution in [2.75, 3.05) is 6.61 Å². The normalized spacial score (nSPS) is 12.7. The van der Waals surface area contributed by atoms with E-state index in [1.807, 2.05) is 19.1 Å². The molecule has 0 aromatic carbocycles. The highest BCUT2D eigenvalue weighted by atomic mass is 32.1. The lowest BCUT2D eigenvalue weighted by Gasteiger charge is -2.11. The number of allylic oxidation sites excluding steroid dienone is 2. The van der Waals surface area contributed by atoms with E-state index in [0.717, 1.165) is 16.4 Å². The van der Waals surface area contributed by atoms with Crippen molar-refractivity contribution in [2.45, 2.75) is 46.0 Å². The zero-order valence-electron chi connectivity index (χ0n) is 18.2. The van der Waals surface area contributed by atoms with E-state index in [0.29, 0.717) is 19.4 Å². The fourth-order valence-corrected chi connectivity index (χ4v) is 3.70. The summed E-state index contributed by atoms with van der Waals surface area (Å²) in [5, 5.41) is 21.7. The molecule has 3 N–H and O–H groups in total. The second-order valence-corrected chi connectivity index (χ2v) is 8.27. The van der Waals surface area contributed by atoms with E-state index >= 15 is 0 Å². The summed E-state index contributed by atoms with van der Waals surface area (Å²) in [5.74, 6) is -1.01. The van der Waals surface area contributed by atoms with Crippen LogP contribution in [0, 0.1) is 0 Å². The first-order valence-electron chi connectivity index (χ1n) is 10.2. The van der Waals surface area contributed by atoms with Crippen molar-refractivity contribution in [1.29, 1.82) is 0 Å². The van der Waals surface area contributed by atoms with Crippen LogP contribution >= 0.6 is 11.3 Å². The molecule has 0 saturated carbocycles. The van der Waals surface area contributed by atoms with Crippen LogP contribution in [0.5, 0.6) is 10.8 Å². The number of nitrogens with one attached hydrogen (secondary N) is 1. The number of Topliss-reactive ketones (excluding diaryl/α,β-unsaturated/α-hetero) is 1. The molecule has 1 unspecified atom stereocenters. The van der Waals surface area contributed by atoms with E-state index < -0.39 is 28.8 Å². The molecule has 0 fully saturated rings. The van der Waals surface area contributed by atoms with Crippen LogP contribution < -0.4 is 15.7 Å². The van der Waals surface area contributed by atoms with Gasteiger partial charge in [0.1, 0.15) is 17.1 Å². The molecule has 0 radical (unpaired) electrons. The van der Waals surface area contributed by atoms with Gasteiger partial charge in [-0.2, -0.15) is 0 Å². The van der Waals surface area contributed by atoms with E-state index in [2.05, 4.69) is 5.32 Å². The molecule has 9 heteroatoms. The number of thiophene rings is 1. The molecule has 1 amide bonds. The molecule has 0 aliphatic heterocycles. The molecule has 8 nitrogen and oxygen atoms in total. The molecule has 32 heavy (non-hydrogen) atoms. The quantitative estimate of drug-likeness (QED) is 0.312. The van der Waals surface area contributed by atoms with Gasteiger partial charge in [0.15, 0.2) is 10.8 Å². The maximum absolute atomic E-state index is 12.8. The Bertz CT molecular complexity index is 1060. The minimum Gasteiger partial charge on any atom is -0.507 e. The molecular formula is C23H27NO7S. The summed E-state index contributed by atoms with van der Waals surface area (Å²) in [6.07, 6.45) is 5.40. The third kappa shape index (κ3) is 7.12. The Morgan fingerprint density at radius 1 is 1.34 bits per heavy atom. The Morgan fingerprint density at radius 2 is 2.09 bits per heavy atom. The lowest BCUT2D eigenvalue weighted by atomic mass is 10.00. The fraction of sp³-hybridized carbons (Fsp3) is 0.348. The molecule has 172 valence electrons. The maximum Gasteiger partial charge on any atom is 0.408 e. The predicted octanol–water partition coefficient (Wildman–Crippen LogP) is 5.15. The number of rotatable bonds is 11. The molecule has 2 rings (SSSR count). The van der Waals surface area contributed by atoms with Gasteiger partial charge in [0.2, 0.25) is 0 Å². The van der Waals surface area contributed by atoms with Gasteiger partial charge in [0, 0.05) is 23.1 Å². The van der Waals surface area contributed by atoms with Crippen LogP contribution in [0.4, 0.5) is 4.79 Å². The zero-order valence-corrected chi connectivity index (χ0v) is 19.0. The number of amides is 1. The van der Waals surface area contributed by atoms with Gasteiger partial charge in [-0.1, -0.05) is 31.3 Å². The number of aromatic hydroxyl groups is 1. The SMILES string of the molecule is CCCOc1ccc(/C=C(\C)C(=O)c2c(O)cc(C(C)CC/C=C/NC(=O)O)oc2=O)s1. The zero-order chi connectivity index (χ0) is 23.7. The monoisotopic (exact) mass is 461 g/mol. The van der Waals surface area contributed by atoms with Crippen molar-refractivity contribution >= 4 is 29.3 Å². The molecule has 0 saturated heterocycles. The number of carboxylic acid groups (broad SMARTS) is 1. The van der Waals surface area contributed by atoms with Crippen molar-refractivity contribution in [3.8, 4) is 10.8 Å². The topological polar surface area (TPSA) is 126 Å². The molecule has 0 aliphatic rings. The smallest absolute Gasteiger partial charge is 0.408 e. The minimum absolute atomic E-state index is 0.225. The second-order valence-electron chi connectivity index (χ2n) is 7.19. The van der Waals surface area contributed by atoms with Crippen molar-refractivity contribution in [2.24, 2.45) is 0 Å². The first-order valence-corrected chi connectivity index (χ1v) is 11.0. The lowest BCUT2D eigenvalue weighted by molar-refractivity contribution is 0.102. The third-order valence-electron chi connectivity index (χ3n) is 4.52. The summed E-state index contributed by atoms with van der Waals surface area (Å²) >= 11 is 1.38. The summed E-state index contributed by atoms with van der Waals surface area (Å²) in [6, 6.07) is 4.92. The summed E-state index contributed by atoms with van der Waals surface area (Å²) in [4.78, 5) is 36.4. The Hall–Kier alpha value is -3.33. The number of carbonyl (C=O) groups excluding carboxylic acids is 1. The summed E-state index contributed by atoms with van der Waals surface area (Å²) < 4.78 is 10.9. The first kappa shape index (κ1) is 24.9. The van der Waals surface area contributed by atoms with Gasteiger partial charge >= 0.3 is 11.7 Å². The van der Waals surface area contributed by atoms with Gasteiger partial charge in [0.25, 0.3) is 0 Å². The van der Waals surface area contributed by atoms with Crippen molar-refractivity contribution < 1.29 is 29.0 Å². The molecule has 0 aliphatic carbocycles. The fourth-order valence-electron chi connectivity index (χ4n) is 2.82. The van der Waals surface area contributed by atoms with Crippen LogP contribution in [0.3, 0.4) is 0 Å². The number of hydrogen-bond donors (Lipinski definition) is 3. The minimum atomic E-state index is -1.15. The number of hydrogen-bond acceptors (Lipinski definition) is 7. The highest BCUT2D eigenvalue weighted by Crippen LogP contribution is 2.29. The molecular weight excluding hydrogens is 434 g/mol. The van der Waals surface area contributed by atoms with Crippen LogP contribution in [0.1, 0.15) is 66.9 Å². The van der Waals surface area contributed by atoms with Gasteiger partial charge < -0.3 is 19.4 Å². The molecule has 2 aromatic heterocycles. The van der Waals surface area contributed by atoms with E-state index in [1.165, 1.54) is 23.6 Å². The Labute approximate surface area is 189 Å². The van der Waals surface area contributed by atoms with Gasteiger partial charge in [0.05, 0.1) is 6.61 Å². The van der Waals surface area contributed by atoms with E-state index in [4.69, 9.17) is 14.3 Å². The number of ether oxygens (including phenoxy) is 1. The molecule has 1 atom stereocenters. The van der Waals surface area contributed by atoms with Crippen molar-refractivity contribution in [3.05, 3.63) is 62.7 Å². The van der Waals surface area contributed by atoms with Gasteiger partial charge in [-0.05, 0) is 50.0 Å². The van der Waals surface area contributed by atoms with Gasteiger partial charge in [-0.3, -0.25) is 10.1 Å².